The quantitative estimate of drug-likeness (QED) is 0.737. The molecule has 144 valence electrons. The number of rotatable bonds is 7. The Morgan fingerprint density at radius 1 is 1.30 bits per heavy atom. The minimum absolute atomic E-state index is 0.116. The van der Waals surface area contributed by atoms with E-state index in [0.717, 1.165) is 32.7 Å². The SMILES string of the molecule is COc1ccc(Cl)cc1C(=O)NCCCN1CCO[C@H](c2ccccc2)C1. The molecule has 5 nitrogen and oxygen atoms in total. The molecule has 1 amide bonds. The van der Waals surface area contributed by atoms with E-state index in [2.05, 4.69) is 22.3 Å². The van der Waals surface area contributed by atoms with Crippen LogP contribution in [-0.2, 0) is 4.74 Å². The van der Waals surface area contributed by atoms with Crippen LogP contribution in [0.1, 0.15) is 28.4 Å². The van der Waals surface area contributed by atoms with Crippen LogP contribution in [0.3, 0.4) is 0 Å². The van der Waals surface area contributed by atoms with Crippen molar-refractivity contribution in [3.05, 3.63) is 64.7 Å². The highest BCUT2D eigenvalue weighted by atomic mass is 35.5. The van der Waals surface area contributed by atoms with Gasteiger partial charge in [-0.15, -0.1) is 0 Å². The molecule has 0 spiro atoms. The lowest BCUT2D eigenvalue weighted by Crippen LogP contribution is -2.39. The zero-order chi connectivity index (χ0) is 19.1. The summed E-state index contributed by atoms with van der Waals surface area (Å²) in [6.07, 6.45) is 0.987. The van der Waals surface area contributed by atoms with Gasteiger partial charge in [0.1, 0.15) is 5.75 Å². The van der Waals surface area contributed by atoms with Gasteiger partial charge in [0.05, 0.1) is 25.4 Å². The fourth-order valence-electron chi connectivity index (χ4n) is 3.23. The predicted octanol–water partition coefficient (Wildman–Crippen LogP) is 3.54. The second-order valence-corrected chi connectivity index (χ2v) is 6.96. The molecule has 2 aromatic carbocycles. The first-order valence-corrected chi connectivity index (χ1v) is 9.56. The van der Waals surface area contributed by atoms with Crippen molar-refractivity contribution in [2.24, 2.45) is 0 Å². The molecule has 3 rings (SSSR count). The standard InChI is InChI=1S/C21H25ClN2O3/c1-26-19-9-8-17(22)14-18(19)21(25)23-10-5-11-24-12-13-27-20(15-24)16-6-3-2-4-7-16/h2-4,6-9,14,20H,5,10-13,15H2,1H3,(H,23,25)/t20-/m0/s1. The summed E-state index contributed by atoms with van der Waals surface area (Å²) in [6, 6.07) is 15.3. The Balaban J connectivity index is 1.45. The predicted molar refractivity (Wildman–Crippen MR) is 107 cm³/mol. The van der Waals surface area contributed by atoms with Crippen molar-refractivity contribution in [3.63, 3.8) is 0 Å². The summed E-state index contributed by atoms with van der Waals surface area (Å²) < 4.78 is 11.1. The van der Waals surface area contributed by atoms with Gasteiger partial charge in [0.15, 0.2) is 0 Å². The molecule has 0 saturated carbocycles. The van der Waals surface area contributed by atoms with E-state index in [1.165, 1.54) is 5.56 Å². The van der Waals surface area contributed by atoms with E-state index in [1.54, 1.807) is 25.3 Å². The lowest BCUT2D eigenvalue weighted by molar-refractivity contribution is -0.0301. The van der Waals surface area contributed by atoms with E-state index in [0.29, 0.717) is 22.9 Å². The molecule has 1 fully saturated rings. The average Bonchev–Trinajstić information content (AvgIpc) is 2.72. The fourth-order valence-corrected chi connectivity index (χ4v) is 3.40. The van der Waals surface area contributed by atoms with E-state index >= 15 is 0 Å². The van der Waals surface area contributed by atoms with Crippen molar-refractivity contribution < 1.29 is 14.3 Å². The second-order valence-electron chi connectivity index (χ2n) is 6.52. The minimum Gasteiger partial charge on any atom is -0.496 e. The van der Waals surface area contributed by atoms with Gasteiger partial charge in [-0.1, -0.05) is 41.9 Å². The smallest absolute Gasteiger partial charge is 0.255 e. The normalized spacial score (nSPS) is 17.5. The lowest BCUT2D eigenvalue weighted by Gasteiger charge is -2.33. The molecule has 1 saturated heterocycles. The summed E-state index contributed by atoms with van der Waals surface area (Å²) in [4.78, 5) is 14.8. The highest BCUT2D eigenvalue weighted by molar-refractivity contribution is 6.31. The first-order chi connectivity index (χ1) is 13.2. The van der Waals surface area contributed by atoms with Gasteiger partial charge in [-0.2, -0.15) is 0 Å². The Bertz CT molecular complexity index is 754. The molecule has 0 aliphatic carbocycles. The number of morpholine rings is 1. The lowest BCUT2D eigenvalue weighted by atomic mass is 10.1. The molecular weight excluding hydrogens is 364 g/mol. The average molecular weight is 389 g/mol. The Kier molecular flexibility index (Phi) is 7.10. The van der Waals surface area contributed by atoms with E-state index in [9.17, 15) is 4.79 Å². The molecule has 2 aromatic rings. The number of carbonyl (C=O) groups is 1. The third kappa shape index (κ3) is 5.45. The number of benzene rings is 2. The monoisotopic (exact) mass is 388 g/mol. The summed E-state index contributed by atoms with van der Waals surface area (Å²) in [5, 5.41) is 3.46. The van der Waals surface area contributed by atoms with Crippen LogP contribution >= 0.6 is 11.6 Å². The molecule has 0 bridgehead atoms. The zero-order valence-corrected chi connectivity index (χ0v) is 16.2. The van der Waals surface area contributed by atoms with E-state index < -0.39 is 0 Å². The Hall–Kier alpha value is -2.08. The van der Waals surface area contributed by atoms with Crippen molar-refractivity contribution in [2.45, 2.75) is 12.5 Å². The summed E-state index contributed by atoms with van der Waals surface area (Å²) in [5.41, 5.74) is 1.67. The maximum atomic E-state index is 12.4. The van der Waals surface area contributed by atoms with Gasteiger partial charge in [-0.05, 0) is 30.2 Å². The number of hydrogen-bond acceptors (Lipinski definition) is 4. The van der Waals surface area contributed by atoms with Crippen LogP contribution in [0.15, 0.2) is 48.5 Å². The molecule has 1 N–H and O–H groups in total. The van der Waals surface area contributed by atoms with E-state index in [1.807, 2.05) is 18.2 Å². The van der Waals surface area contributed by atoms with E-state index in [-0.39, 0.29) is 12.0 Å². The molecule has 6 heteroatoms. The van der Waals surface area contributed by atoms with Crippen molar-refractivity contribution in [1.29, 1.82) is 0 Å². The first kappa shape index (κ1) is 19.7. The van der Waals surface area contributed by atoms with Crippen LogP contribution in [0, 0.1) is 0 Å². The Morgan fingerprint density at radius 3 is 2.89 bits per heavy atom. The highest BCUT2D eigenvalue weighted by Crippen LogP contribution is 2.23. The molecule has 1 atom stereocenters. The molecular formula is C21H25ClN2O3. The van der Waals surface area contributed by atoms with Gasteiger partial charge in [0, 0.05) is 31.2 Å². The number of halogens is 1. The summed E-state index contributed by atoms with van der Waals surface area (Å²) in [7, 11) is 1.54. The summed E-state index contributed by atoms with van der Waals surface area (Å²) in [6.45, 7) is 4.03. The molecule has 0 unspecified atom stereocenters. The number of ether oxygens (including phenoxy) is 2. The molecule has 27 heavy (non-hydrogen) atoms. The molecule has 1 aliphatic rings. The Morgan fingerprint density at radius 2 is 2.11 bits per heavy atom. The summed E-state index contributed by atoms with van der Waals surface area (Å²) >= 11 is 5.99. The van der Waals surface area contributed by atoms with E-state index in [4.69, 9.17) is 21.1 Å². The van der Waals surface area contributed by atoms with Crippen LogP contribution in [0.5, 0.6) is 5.75 Å². The minimum atomic E-state index is -0.168. The molecule has 0 radical (unpaired) electrons. The third-order valence-corrected chi connectivity index (χ3v) is 4.90. The van der Waals surface area contributed by atoms with Crippen molar-refractivity contribution in [3.8, 4) is 5.75 Å². The fraction of sp³-hybridized carbons (Fsp3) is 0.381. The van der Waals surface area contributed by atoms with Gasteiger partial charge >= 0.3 is 0 Å². The third-order valence-electron chi connectivity index (χ3n) is 4.66. The topological polar surface area (TPSA) is 50.8 Å². The van der Waals surface area contributed by atoms with Crippen LogP contribution in [0.2, 0.25) is 5.02 Å². The first-order valence-electron chi connectivity index (χ1n) is 9.18. The summed E-state index contributed by atoms with van der Waals surface area (Å²) in [5.74, 6) is 0.356. The van der Waals surface area contributed by atoms with Crippen LogP contribution < -0.4 is 10.1 Å². The number of carbonyl (C=O) groups excluding carboxylic acids is 1. The number of methoxy groups -OCH3 is 1. The number of nitrogens with one attached hydrogen (secondary N) is 1. The number of hydrogen-bond donors (Lipinski definition) is 1. The second kappa shape index (κ2) is 9.74. The van der Waals surface area contributed by atoms with Gasteiger partial charge in [-0.3, -0.25) is 9.69 Å². The largest absolute Gasteiger partial charge is 0.496 e. The molecule has 1 aliphatic heterocycles. The maximum Gasteiger partial charge on any atom is 0.255 e. The zero-order valence-electron chi connectivity index (χ0n) is 15.5. The van der Waals surface area contributed by atoms with Crippen molar-refractivity contribution >= 4 is 17.5 Å². The van der Waals surface area contributed by atoms with Gasteiger partial charge in [0.2, 0.25) is 0 Å². The molecule has 0 aromatic heterocycles. The van der Waals surface area contributed by atoms with Gasteiger partial charge in [0.25, 0.3) is 5.91 Å². The highest BCUT2D eigenvalue weighted by Gasteiger charge is 2.21. The maximum absolute atomic E-state index is 12.4. The van der Waals surface area contributed by atoms with Crippen molar-refractivity contribution in [1.82, 2.24) is 10.2 Å². The van der Waals surface area contributed by atoms with Crippen molar-refractivity contribution in [2.75, 3.05) is 39.9 Å². The van der Waals surface area contributed by atoms with Crippen LogP contribution in [-0.4, -0.2) is 50.7 Å². The van der Waals surface area contributed by atoms with Gasteiger partial charge < -0.3 is 14.8 Å². The number of amides is 1. The Labute approximate surface area is 165 Å². The van der Waals surface area contributed by atoms with Gasteiger partial charge in [-0.25, -0.2) is 0 Å². The number of nitrogens with zero attached hydrogens (tertiary/aromatic N) is 1. The van der Waals surface area contributed by atoms with Crippen LogP contribution in [0.4, 0.5) is 0 Å². The van der Waals surface area contributed by atoms with Crippen LogP contribution in [0.25, 0.3) is 0 Å². The molecule has 1 heterocycles.